The third-order valence-electron chi connectivity index (χ3n) is 3.26. The maximum Gasteiger partial charge on any atom is 0.329 e. The zero-order chi connectivity index (χ0) is 13.2. The topological polar surface area (TPSA) is 17.5 Å². The number of rotatable bonds is 3. The summed E-state index contributed by atoms with van der Waals surface area (Å²) < 4.78 is 9.81. The van der Waals surface area contributed by atoms with Crippen LogP contribution in [0, 0.1) is 6.92 Å². The van der Waals surface area contributed by atoms with E-state index in [4.69, 9.17) is 4.74 Å². The Morgan fingerprint density at radius 2 is 2.00 bits per heavy atom. The second-order valence-corrected chi connectivity index (χ2v) is 4.73. The number of benzene rings is 1. The average molecular weight is 253 g/mol. The summed E-state index contributed by atoms with van der Waals surface area (Å²) in [4.78, 5) is 0. The number of imidazole rings is 1. The summed E-state index contributed by atoms with van der Waals surface area (Å²) in [6, 6.07) is 12.5. The van der Waals surface area contributed by atoms with E-state index in [0.717, 1.165) is 17.9 Å². The van der Waals surface area contributed by atoms with Crippen molar-refractivity contribution in [2.75, 3.05) is 7.11 Å². The molecule has 0 aliphatic carbocycles. The van der Waals surface area contributed by atoms with E-state index in [2.05, 4.69) is 64.8 Å². The van der Waals surface area contributed by atoms with Crippen LogP contribution >= 0.6 is 0 Å². The lowest BCUT2D eigenvalue weighted by atomic mass is 10.2. The number of aryl methyl sites for hydroxylation is 1. The second-order valence-electron chi connectivity index (χ2n) is 4.73. The summed E-state index contributed by atoms with van der Waals surface area (Å²) in [5, 5.41) is 0. The fourth-order valence-corrected chi connectivity index (χ4v) is 2.40. The standard InChI is InChI=1S/C16H17N2O/c1-13-10-15(19-2)16-17(11-13)8-9-18(16)12-14-6-4-3-5-7-14/h3-11H,12H2,1-2H3/q+1. The van der Waals surface area contributed by atoms with Gasteiger partial charge in [-0.25, -0.2) is 4.57 Å². The monoisotopic (exact) mass is 253 g/mol. The molecule has 0 saturated heterocycles. The van der Waals surface area contributed by atoms with Gasteiger partial charge in [0, 0.05) is 0 Å². The molecule has 3 rings (SSSR count). The highest BCUT2D eigenvalue weighted by molar-refractivity contribution is 5.50. The fraction of sp³-hybridized carbons (Fsp3) is 0.188. The summed E-state index contributed by atoms with van der Waals surface area (Å²) in [6.45, 7) is 2.92. The number of aromatic nitrogens is 2. The average Bonchev–Trinajstić information content (AvgIpc) is 2.82. The normalized spacial score (nSPS) is 10.8. The molecule has 0 amide bonds. The van der Waals surface area contributed by atoms with Crippen LogP contribution in [0.1, 0.15) is 11.1 Å². The summed E-state index contributed by atoms with van der Waals surface area (Å²) >= 11 is 0. The maximum absolute atomic E-state index is 5.50. The maximum atomic E-state index is 5.50. The van der Waals surface area contributed by atoms with Crippen molar-refractivity contribution >= 4 is 5.65 Å². The molecule has 2 heterocycles. The first kappa shape index (κ1) is 11.8. The van der Waals surface area contributed by atoms with Crippen LogP contribution < -0.4 is 9.30 Å². The van der Waals surface area contributed by atoms with Crippen molar-refractivity contribution in [3.63, 3.8) is 0 Å². The molecule has 3 aromatic rings. The first-order valence-corrected chi connectivity index (χ1v) is 6.36. The summed E-state index contributed by atoms with van der Waals surface area (Å²) in [5.41, 5.74) is 3.55. The lowest BCUT2D eigenvalue weighted by Gasteiger charge is -2.03. The van der Waals surface area contributed by atoms with Crippen LogP contribution in [-0.2, 0) is 6.54 Å². The molecule has 0 atom stereocenters. The minimum Gasteiger partial charge on any atom is -0.489 e. The van der Waals surface area contributed by atoms with Gasteiger partial charge in [-0.15, -0.1) is 0 Å². The Balaban J connectivity index is 2.10. The summed E-state index contributed by atoms with van der Waals surface area (Å²) in [6.07, 6.45) is 6.26. The minimum absolute atomic E-state index is 0.844. The third kappa shape index (κ3) is 2.19. The number of hydrogen-bond acceptors (Lipinski definition) is 1. The van der Waals surface area contributed by atoms with E-state index < -0.39 is 0 Å². The Kier molecular flexibility index (Phi) is 2.95. The van der Waals surface area contributed by atoms with Crippen molar-refractivity contribution in [3.8, 4) is 5.75 Å². The molecule has 3 nitrogen and oxygen atoms in total. The van der Waals surface area contributed by atoms with Crippen LogP contribution in [0.2, 0.25) is 0 Å². The van der Waals surface area contributed by atoms with E-state index in [0.29, 0.717) is 0 Å². The first-order valence-electron chi connectivity index (χ1n) is 6.36. The molecule has 0 unspecified atom stereocenters. The number of hydrogen-bond donors (Lipinski definition) is 0. The van der Waals surface area contributed by atoms with E-state index >= 15 is 0 Å². The quantitative estimate of drug-likeness (QED) is 0.656. The van der Waals surface area contributed by atoms with Gasteiger partial charge in [-0.3, -0.25) is 0 Å². The van der Waals surface area contributed by atoms with Crippen molar-refractivity contribution in [1.29, 1.82) is 0 Å². The van der Waals surface area contributed by atoms with Gasteiger partial charge in [-0.1, -0.05) is 30.3 Å². The molecule has 0 saturated carbocycles. The van der Waals surface area contributed by atoms with E-state index in [-0.39, 0.29) is 0 Å². The van der Waals surface area contributed by atoms with Gasteiger partial charge in [-0.05, 0) is 24.1 Å². The molecule has 19 heavy (non-hydrogen) atoms. The number of pyridine rings is 1. The summed E-state index contributed by atoms with van der Waals surface area (Å²) in [7, 11) is 1.72. The molecule has 0 radical (unpaired) electrons. The largest absolute Gasteiger partial charge is 0.489 e. The molecule has 0 spiro atoms. The van der Waals surface area contributed by atoms with E-state index in [1.807, 2.05) is 6.07 Å². The van der Waals surface area contributed by atoms with E-state index in [1.165, 1.54) is 11.1 Å². The predicted molar refractivity (Wildman–Crippen MR) is 74.4 cm³/mol. The summed E-state index contributed by atoms with van der Waals surface area (Å²) in [5.74, 6) is 0.904. The highest BCUT2D eigenvalue weighted by Gasteiger charge is 2.16. The molecule has 96 valence electrons. The molecule has 2 aromatic heterocycles. The first-order chi connectivity index (χ1) is 9.28. The van der Waals surface area contributed by atoms with Gasteiger partial charge in [0.2, 0.25) is 5.75 Å². The minimum atomic E-state index is 0.844. The van der Waals surface area contributed by atoms with Gasteiger partial charge in [-0.2, -0.15) is 4.40 Å². The van der Waals surface area contributed by atoms with Crippen LogP contribution in [0.15, 0.2) is 55.0 Å². The van der Waals surface area contributed by atoms with Crippen LogP contribution in [0.25, 0.3) is 5.65 Å². The number of fused-ring (bicyclic) bond motifs is 1. The smallest absolute Gasteiger partial charge is 0.329 e. The Bertz CT molecular complexity index is 701. The Hall–Kier alpha value is -2.29. The second kappa shape index (κ2) is 4.76. The highest BCUT2D eigenvalue weighted by atomic mass is 16.5. The third-order valence-corrected chi connectivity index (χ3v) is 3.26. The molecule has 1 aromatic carbocycles. The lowest BCUT2D eigenvalue weighted by molar-refractivity contribution is -0.662. The van der Waals surface area contributed by atoms with Crippen molar-refractivity contribution in [3.05, 3.63) is 66.1 Å². The Morgan fingerprint density at radius 3 is 2.74 bits per heavy atom. The molecule has 0 N–H and O–H groups in total. The molecular formula is C16H17N2O+. The predicted octanol–water partition coefficient (Wildman–Crippen LogP) is 2.59. The van der Waals surface area contributed by atoms with Gasteiger partial charge < -0.3 is 4.74 Å². The van der Waals surface area contributed by atoms with Crippen molar-refractivity contribution in [1.82, 2.24) is 4.40 Å². The van der Waals surface area contributed by atoms with Crippen molar-refractivity contribution < 1.29 is 9.30 Å². The number of ether oxygens (including phenoxy) is 1. The van der Waals surface area contributed by atoms with Crippen molar-refractivity contribution in [2.45, 2.75) is 13.5 Å². The van der Waals surface area contributed by atoms with Gasteiger partial charge in [0.15, 0.2) is 0 Å². The molecule has 0 aliphatic rings. The van der Waals surface area contributed by atoms with Gasteiger partial charge in [0.1, 0.15) is 18.9 Å². The van der Waals surface area contributed by atoms with Gasteiger partial charge in [0.25, 0.3) is 0 Å². The number of nitrogens with zero attached hydrogens (tertiary/aromatic N) is 2. The van der Waals surface area contributed by atoms with Crippen LogP contribution in [0.5, 0.6) is 5.75 Å². The van der Waals surface area contributed by atoms with Gasteiger partial charge in [0.05, 0.1) is 13.3 Å². The molecule has 0 aliphatic heterocycles. The van der Waals surface area contributed by atoms with Crippen LogP contribution in [-0.4, -0.2) is 11.5 Å². The lowest BCUT2D eigenvalue weighted by Crippen LogP contribution is -2.33. The Morgan fingerprint density at radius 1 is 1.21 bits per heavy atom. The highest BCUT2D eigenvalue weighted by Crippen LogP contribution is 2.18. The molecule has 0 fully saturated rings. The van der Waals surface area contributed by atoms with Crippen LogP contribution in [0.3, 0.4) is 0 Å². The molecular weight excluding hydrogens is 236 g/mol. The molecule has 3 heteroatoms. The van der Waals surface area contributed by atoms with E-state index in [9.17, 15) is 0 Å². The Labute approximate surface area is 112 Å². The van der Waals surface area contributed by atoms with E-state index in [1.54, 1.807) is 7.11 Å². The zero-order valence-electron chi connectivity index (χ0n) is 11.2. The van der Waals surface area contributed by atoms with Crippen LogP contribution in [0.4, 0.5) is 0 Å². The molecule has 0 bridgehead atoms. The van der Waals surface area contributed by atoms with Gasteiger partial charge >= 0.3 is 5.65 Å². The fourth-order valence-electron chi connectivity index (χ4n) is 2.40. The SMILES string of the molecule is COc1cc(C)cn2cc[n+](Cc3ccccc3)c12. The van der Waals surface area contributed by atoms with Crippen molar-refractivity contribution in [2.24, 2.45) is 0 Å². The number of methoxy groups -OCH3 is 1. The zero-order valence-corrected chi connectivity index (χ0v) is 11.2.